The van der Waals surface area contributed by atoms with Crippen molar-refractivity contribution in [1.82, 2.24) is 4.31 Å². The molecule has 0 spiro atoms. The zero-order valence-corrected chi connectivity index (χ0v) is 21.7. The first-order valence-electron chi connectivity index (χ1n) is 11.2. The minimum absolute atomic E-state index is 0.136. The van der Waals surface area contributed by atoms with Gasteiger partial charge < -0.3 is 15.2 Å². The number of ether oxygens (including phenoxy) is 2. The Hall–Kier alpha value is -2.98. The second-order valence-electron chi connectivity index (χ2n) is 7.69. The standard InChI is InChI=1S/C26H30N2O5S2/c1-4-14-28(15-13-27)35(30,31)21-10-7-19(8-11-21)23(29)12-9-20-17-22(26-6-5-16-34-26)25(33-3)18-24(20)32-2/h5-12,16-18H,4,13-15,27H2,1-3H3/b12-9+. The first-order valence-corrected chi connectivity index (χ1v) is 13.5. The van der Waals surface area contributed by atoms with Crippen LogP contribution in [0, 0.1) is 0 Å². The Labute approximate surface area is 210 Å². The van der Waals surface area contributed by atoms with Gasteiger partial charge in [0.2, 0.25) is 10.0 Å². The number of hydrogen-bond donors (Lipinski definition) is 1. The number of rotatable bonds is 12. The number of hydrogen-bond acceptors (Lipinski definition) is 7. The Morgan fingerprint density at radius 3 is 2.34 bits per heavy atom. The molecule has 7 nitrogen and oxygen atoms in total. The summed E-state index contributed by atoms with van der Waals surface area (Å²) in [6.07, 6.45) is 3.82. The summed E-state index contributed by atoms with van der Waals surface area (Å²) in [5.41, 5.74) is 7.59. The van der Waals surface area contributed by atoms with Gasteiger partial charge in [-0.25, -0.2) is 8.42 Å². The lowest BCUT2D eigenvalue weighted by Gasteiger charge is -2.20. The Morgan fingerprint density at radius 2 is 1.77 bits per heavy atom. The largest absolute Gasteiger partial charge is 0.496 e. The first kappa shape index (κ1) is 26.6. The fourth-order valence-electron chi connectivity index (χ4n) is 3.63. The van der Waals surface area contributed by atoms with Crippen molar-refractivity contribution < 1.29 is 22.7 Å². The molecule has 0 saturated carbocycles. The monoisotopic (exact) mass is 514 g/mol. The van der Waals surface area contributed by atoms with Gasteiger partial charge in [-0.3, -0.25) is 4.79 Å². The van der Waals surface area contributed by atoms with Crippen molar-refractivity contribution in [3.05, 3.63) is 71.1 Å². The van der Waals surface area contributed by atoms with Crippen LogP contribution in [-0.2, 0) is 10.0 Å². The van der Waals surface area contributed by atoms with Gasteiger partial charge in [-0.1, -0.05) is 13.0 Å². The zero-order valence-electron chi connectivity index (χ0n) is 20.1. The van der Waals surface area contributed by atoms with E-state index >= 15 is 0 Å². The molecule has 0 radical (unpaired) electrons. The molecule has 3 aromatic rings. The average Bonchev–Trinajstić information content (AvgIpc) is 3.41. The highest BCUT2D eigenvalue weighted by atomic mass is 32.2. The molecule has 0 aliphatic carbocycles. The number of methoxy groups -OCH3 is 2. The lowest BCUT2D eigenvalue weighted by molar-refractivity contribution is 0.104. The maximum absolute atomic E-state index is 12.9. The van der Waals surface area contributed by atoms with Crippen LogP contribution in [0.4, 0.5) is 0 Å². The molecule has 0 saturated heterocycles. The number of carbonyl (C=O) groups excluding carboxylic acids is 1. The molecule has 0 bridgehead atoms. The Morgan fingerprint density at radius 1 is 1.06 bits per heavy atom. The highest BCUT2D eigenvalue weighted by Crippen LogP contribution is 2.38. The van der Waals surface area contributed by atoms with Crippen LogP contribution in [0.2, 0.25) is 0 Å². The number of sulfonamides is 1. The van der Waals surface area contributed by atoms with E-state index in [1.807, 2.05) is 30.5 Å². The van der Waals surface area contributed by atoms with Crippen LogP contribution in [0.15, 0.2) is 64.9 Å². The molecule has 1 aromatic heterocycles. The topological polar surface area (TPSA) is 98.9 Å². The summed E-state index contributed by atoms with van der Waals surface area (Å²) in [6.45, 7) is 2.79. The van der Waals surface area contributed by atoms with Crippen molar-refractivity contribution in [2.45, 2.75) is 18.2 Å². The summed E-state index contributed by atoms with van der Waals surface area (Å²) in [5, 5.41) is 1.99. The number of ketones is 1. The molecule has 0 aliphatic heterocycles. The van der Waals surface area contributed by atoms with Crippen molar-refractivity contribution in [3.63, 3.8) is 0 Å². The molecule has 0 atom stereocenters. The molecule has 0 fully saturated rings. The lowest BCUT2D eigenvalue weighted by atomic mass is 10.0. The Bertz CT molecular complexity index is 1260. The van der Waals surface area contributed by atoms with Crippen molar-refractivity contribution in [2.24, 2.45) is 5.73 Å². The highest BCUT2D eigenvalue weighted by molar-refractivity contribution is 7.89. The molecule has 2 aromatic carbocycles. The highest BCUT2D eigenvalue weighted by Gasteiger charge is 2.23. The third-order valence-corrected chi connectivity index (χ3v) is 8.20. The van der Waals surface area contributed by atoms with Gasteiger partial charge in [-0.15, -0.1) is 11.3 Å². The van der Waals surface area contributed by atoms with E-state index in [0.29, 0.717) is 30.0 Å². The predicted molar refractivity (Wildman–Crippen MR) is 141 cm³/mol. The summed E-state index contributed by atoms with van der Waals surface area (Å²) in [4.78, 5) is 14.0. The van der Waals surface area contributed by atoms with Gasteiger partial charge in [0.1, 0.15) is 11.5 Å². The van der Waals surface area contributed by atoms with Crippen molar-refractivity contribution in [3.8, 4) is 21.9 Å². The van der Waals surface area contributed by atoms with Crippen LogP contribution < -0.4 is 15.2 Å². The fourth-order valence-corrected chi connectivity index (χ4v) is 5.92. The van der Waals surface area contributed by atoms with Gasteiger partial charge in [0.15, 0.2) is 5.78 Å². The maximum Gasteiger partial charge on any atom is 0.243 e. The number of carbonyl (C=O) groups is 1. The normalized spacial score (nSPS) is 11.8. The summed E-state index contributed by atoms with van der Waals surface area (Å²) < 4.78 is 38.2. The summed E-state index contributed by atoms with van der Waals surface area (Å²) in [6, 6.07) is 13.6. The molecule has 35 heavy (non-hydrogen) atoms. The molecule has 2 N–H and O–H groups in total. The van der Waals surface area contributed by atoms with E-state index in [-0.39, 0.29) is 23.8 Å². The number of nitrogens with zero attached hydrogens (tertiary/aromatic N) is 1. The van der Waals surface area contributed by atoms with Gasteiger partial charge >= 0.3 is 0 Å². The molecule has 3 rings (SSSR count). The number of benzene rings is 2. The number of thiophene rings is 1. The third-order valence-electron chi connectivity index (χ3n) is 5.38. The lowest BCUT2D eigenvalue weighted by Crippen LogP contribution is -2.35. The Kier molecular flexibility index (Phi) is 9.22. The van der Waals surface area contributed by atoms with Gasteiger partial charge in [-0.05, 0) is 60.4 Å². The van der Waals surface area contributed by atoms with Crippen molar-refractivity contribution in [2.75, 3.05) is 33.9 Å². The van der Waals surface area contributed by atoms with Gasteiger partial charge in [-0.2, -0.15) is 4.31 Å². The van der Waals surface area contributed by atoms with Crippen molar-refractivity contribution >= 4 is 33.2 Å². The van der Waals surface area contributed by atoms with Gasteiger partial charge in [0.25, 0.3) is 0 Å². The second-order valence-corrected chi connectivity index (χ2v) is 10.6. The molecular weight excluding hydrogens is 484 g/mol. The third kappa shape index (κ3) is 6.18. The van der Waals surface area contributed by atoms with Gasteiger partial charge in [0, 0.05) is 47.3 Å². The minimum Gasteiger partial charge on any atom is -0.496 e. The van der Waals surface area contributed by atoms with E-state index in [2.05, 4.69) is 0 Å². The van der Waals surface area contributed by atoms with E-state index in [4.69, 9.17) is 15.2 Å². The van der Waals surface area contributed by atoms with Crippen LogP contribution in [0.25, 0.3) is 16.5 Å². The molecule has 1 heterocycles. The second kappa shape index (κ2) is 12.1. The minimum atomic E-state index is -3.67. The molecule has 186 valence electrons. The zero-order chi connectivity index (χ0) is 25.4. The fraction of sp³-hybridized carbons (Fsp3) is 0.269. The summed E-state index contributed by atoms with van der Waals surface area (Å²) >= 11 is 1.59. The van der Waals surface area contributed by atoms with Gasteiger partial charge in [0.05, 0.1) is 19.1 Å². The SMILES string of the molecule is CCCN(CCN)S(=O)(=O)c1ccc(C(=O)/C=C/c2cc(-c3cccs3)c(OC)cc2OC)cc1. The average molecular weight is 515 g/mol. The van der Waals surface area contributed by atoms with Crippen LogP contribution in [0.3, 0.4) is 0 Å². The molecule has 9 heteroatoms. The number of allylic oxidation sites excluding steroid dienone is 1. The van der Waals surface area contributed by atoms with E-state index < -0.39 is 10.0 Å². The van der Waals surface area contributed by atoms with Crippen LogP contribution in [0.5, 0.6) is 11.5 Å². The summed E-state index contributed by atoms with van der Waals surface area (Å²) in [7, 11) is -0.505. The Balaban J connectivity index is 1.86. The maximum atomic E-state index is 12.9. The molecule has 0 unspecified atom stereocenters. The number of nitrogens with two attached hydrogens (primary N) is 1. The van der Waals surface area contributed by atoms with Crippen molar-refractivity contribution in [1.29, 1.82) is 0 Å². The smallest absolute Gasteiger partial charge is 0.243 e. The molecular formula is C26H30N2O5S2. The quantitative estimate of drug-likeness (QED) is 0.278. The van der Waals surface area contributed by atoms with E-state index in [1.165, 1.54) is 34.6 Å². The van der Waals surface area contributed by atoms with Crippen LogP contribution >= 0.6 is 11.3 Å². The van der Waals surface area contributed by atoms with E-state index in [9.17, 15) is 13.2 Å². The first-order chi connectivity index (χ1) is 16.8. The predicted octanol–water partition coefficient (Wildman–Crippen LogP) is 4.69. The molecule has 0 amide bonds. The van der Waals surface area contributed by atoms with Crippen LogP contribution in [0.1, 0.15) is 29.3 Å². The summed E-state index contributed by atoms with van der Waals surface area (Å²) in [5.74, 6) is 0.997. The van der Waals surface area contributed by atoms with Crippen LogP contribution in [-0.4, -0.2) is 52.4 Å². The van der Waals surface area contributed by atoms with E-state index in [1.54, 1.807) is 37.7 Å². The van der Waals surface area contributed by atoms with E-state index in [0.717, 1.165) is 16.0 Å². The molecule has 0 aliphatic rings.